The lowest BCUT2D eigenvalue weighted by Gasteiger charge is -2.12. The second-order valence-electron chi connectivity index (χ2n) is 5.57. The molecule has 5 nitrogen and oxygen atoms in total. The van der Waals surface area contributed by atoms with E-state index in [1.165, 1.54) is 6.92 Å². The largest absolute Gasteiger partial charge is 0.418 e. The molecule has 1 atom stereocenters. The first-order valence-electron chi connectivity index (χ1n) is 7.60. The fourth-order valence-electron chi connectivity index (χ4n) is 2.32. The predicted molar refractivity (Wildman–Crippen MR) is 98.2 cm³/mol. The van der Waals surface area contributed by atoms with Crippen LogP contribution in [0.5, 0.6) is 0 Å². The maximum atomic E-state index is 11.5. The highest BCUT2D eigenvalue weighted by Gasteiger charge is 2.17. The Kier molecular flexibility index (Phi) is 5.06. The smallest absolute Gasteiger partial charge is 0.249 e. The van der Waals surface area contributed by atoms with Gasteiger partial charge in [-0.05, 0) is 44.2 Å². The Hall–Kier alpha value is -2.37. The summed E-state index contributed by atoms with van der Waals surface area (Å²) in [5.74, 6) is 0.741. The Labute approximate surface area is 155 Å². The van der Waals surface area contributed by atoms with Gasteiger partial charge in [-0.15, -0.1) is 10.2 Å². The molecule has 0 aliphatic carbocycles. The molecule has 0 fully saturated rings. The summed E-state index contributed by atoms with van der Waals surface area (Å²) in [4.78, 5) is 11.5. The van der Waals surface area contributed by atoms with Crippen molar-refractivity contribution in [2.75, 3.05) is 5.32 Å². The number of Topliss-reactive ketones (excluding diaryl/α,β-unsaturated/α-hetero) is 1. The lowest BCUT2D eigenvalue weighted by atomic mass is 10.1. The van der Waals surface area contributed by atoms with Gasteiger partial charge in [0.05, 0.1) is 10.6 Å². The molecule has 1 aromatic heterocycles. The molecule has 25 heavy (non-hydrogen) atoms. The minimum atomic E-state index is -0.241. The lowest BCUT2D eigenvalue weighted by molar-refractivity contribution is 0.101. The molecule has 0 aliphatic heterocycles. The first-order chi connectivity index (χ1) is 11.9. The van der Waals surface area contributed by atoms with Crippen LogP contribution in [-0.2, 0) is 0 Å². The van der Waals surface area contributed by atoms with E-state index < -0.39 is 0 Å². The molecule has 0 unspecified atom stereocenters. The van der Waals surface area contributed by atoms with Crippen molar-refractivity contribution in [2.45, 2.75) is 19.9 Å². The van der Waals surface area contributed by atoms with Crippen molar-refractivity contribution in [3.05, 3.63) is 64.0 Å². The van der Waals surface area contributed by atoms with E-state index in [9.17, 15) is 4.79 Å². The Balaban J connectivity index is 1.80. The first-order valence-corrected chi connectivity index (χ1v) is 8.36. The van der Waals surface area contributed by atoms with Gasteiger partial charge in [0.25, 0.3) is 0 Å². The highest BCUT2D eigenvalue weighted by atomic mass is 35.5. The summed E-state index contributed by atoms with van der Waals surface area (Å²) in [5, 5.41) is 12.3. The van der Waals surface area contributed by atoms with Crippen LogP contribution in [0.15, 0.2) is 46.9 Å². The SMILES string of the molecule is CC(=O)c1cccc(N[C@H](C)c2nnc(-c3ccc(Cl)cc3Cl)o2)c1. The van der Waals surface area contributed by atoms with Crippen molar-refractivity contribution in [3.63, 3.8) is 0 Å². The maximum absolute atomic E-state index is 11.5. The predicted octanol–water partition coefficient (Wildman–Crippen LogP) is 5.42. The van der Waals surface area contributed by atoms with E-state index in [-0.39, 0.29) is 11.8 Å². The fraction of sp³-hybridized carbons (Fsp3) is 0.167. The molecule has 3 rings (SSSR count). The van der Waals surface area contributed by atoms with Gasteiger partial charge in [-0.25, -0.2) is 0 Å². The quantitative estimate of drug-likeness (QED) is 0.603. The number of nitrogens with zero attached hydrogens (tertiary/aromatic N) is 2. The molecule has 0 amide bonds. The van der Waals surface area contributed by atoms with Crippen molar-refractivity contribution < 1.29 is 9.21 Å². The summed E-state index contributed by atoms with van der Waals surface area (Å²) < 4.78 is 5.72. The monoisotopic (exact) mass is 375 g/mol. The van der Waals surface area contributed by atoms with Crippen LogP contribution in [0, 0.1) is 0 Å². The minimum absolute atomic E-state index is 0.00811. The van der Waals surface area contributed by atoms with Crippen LogP contribution in [0.2, 0.25) is 10.0 Å². The number of anilines is 1. The third kappa shape index (κ3) is 4.00. The van der Waals surface area contributed by atoms with Crippen LogP contribution in [-0.4, -0.2) is 16.0 Å². The molecular formula is C18H15Cl2N3O2. The van der Waals surface area contributed by atoms with Crippen molar-refractivity contribution in [1.29, 1.82) is 0 Å². The third-order valence-corrected chi connectivity index (χ3v) is 4.17. The van der Waals surface area contributed by atoms with Gasteiger partial charge in [-0.1, -0.05) is 35.3 Å². The number of hydrogen-bond acceptors (Lipinski definition) is 5. The molecule has 3 aromatic rings. The van der Waals surface area contributed by atoms with Crippen molar-refractivity contribution in [3.8, 4) is 11.5 Å². The molecule has 0 aliphatic rings. The first kappa shape index (κ1) is 17.5. The van der Waals surface area contributed by atoms with E-state index in [2.05, 4.69) is 15.5 Å². The molecule has 0 radical (unpaired) electrons. The highest BCUT2D eigenvalue weighted by Crippen LogP contribution is 2.30. The van der Waals surface area contributed by atoms with E-state index in [4.69, 9.17) is 27.6 Å². The molecule has 128 valence electrons. The van der Waals surface area contributed by atoms with E-state index in [1.54, 1.807) is 30.3 Å². The van der Waals surface area contributed by atoms with Crippen LogP contribution in [0.25, 0.3) is 11.5 Å². The molecule has 0 spiro atoms. The van der Waals surface area contributed by atoms with Crippen LogP contribution >= 0.6 is 23.2 Å². The summed E-state index contributed by atoms with van der Waals surface area (Å²) in [7, 11) is 0. The van der Waals surface area contributed by atoms with Gasteiger partial charge in [-0.2, -0.15) is 0 Å². The normalized spacial score (nSPS) is 12.0. The zero-order valence-corrected chi connectivity index (χ0v) is 15.1. The van der Waals surface area contributed by atoms with Gasteiger partial charge in [0, 0.05) is 16.3 Å². The number of halogens is 2. The second-order valence-corrected chi connectivity index (χ2v) is 6.42. The molecule has 2 aromatic carbocycles. The molecule has 0 bridgehead atoms. The van der Waals surface area contributed by atoms with Crippen LogP contribution in [0.1, 0.15) is 36.1 Å². The third-order valence-electron chi connectivity index (χ3n) is 3.62. The minimum Gasteiger partial charge on any atom is -0.418 e. The molecule has 0 saturated carbocycles. The fourth-order valence-corrected chi connectivity index (χ4v) is 2.81. The number of aromatic nitrogens is 2. The number of nitrogens with one attached hydrogen (secondary N) is 1. The summed E-state index contributed by atoms with van der Waals surface area (Å²) in [6.45, 7) is 3.42. The number of carbonyl (C=O) groups is 1. The van der Waals surface area contributed by atoms with Gasteiger partial charge >= 0.3 is 0 Å². The Morgan fingerprint density at radius 2 is 1.96 bits per heavy atom. The van der Waals surface area contributed by atoms with E-state index in [0.29, 0.717) is 33.0 Å². The molecule has 7 heteroatoms. The topological polar surface area (TPSA) is 68.0 Å². The van der Waals surface area contributed by atoms with Gasteiger partial charge < -0.3 is 9.73 Å². The van der Waals surface area contributed by atoms with Crippen LogP contribution in [0.3, 0.4) is 0 Å². The van der Waals surface area contributed by atoms with Gasteiger partial charge in [0.1, 0.15) is 6.04 Å². The van der Waals surface area contributed by atoms with E-state index in [1.807, 2.05) is 19.1 Å². The average Bonchev–Trinajstić information content (AvgIpc) is 3.05. The standard InChI is InChI=1S/C18H15Cl2N3O2/c1-10(21-14-5-3-4-12(8-14)11(2)24)17-22-23-18(25-17)15-7-6-13(19)9-16(15)20/h3-10,21H,1-2H3/t10-/m1/s1. The van der Waals surface area contributed by atoms with Gasteiger partial charge in [0.15, 0.2) is 5.78 Å². The molecule has 1 heterocycles. The summed E-state index contributed by atoms with van der Waals surface area (Å²) in [6.07, 6.45) is 0. The number of ketones is 1. The van der Waals surface area contributed by atoms with Crippen LogP contribution in [0.4, 0.5) is 5.69 Å². The number of carbonyl (C=O) groups excluding carboxylic acids is 1. The van der Waals surface area contributed by atoms with E-state index >= 15 is 0 Å². The zero-order valence-electron chi connectivity index (χ0n) is 13.6. The van der Waals surface area contributed by atoms with E-state index in [0.717, 1.165) is 5.69 Å². The lowest BCUT2D eigenvalue weighted by Crippen LogP contribution is -2.07. The Morgan fingerprint density at radius 1 is 1.16 bits per heavy atom. The summed E-state index contributed by atoms with van der Waals surface area (Å²) >= 11 is 12.1. The Bertz CT molecular complexity index is 924. The molecule has 1 N–H and O–H groups in total. The van der Waals surface area contributed by atoms with Crippen molar-refractivity contribution in [2.24, 2.45) is 0 Å². The van der Waals surface area contributed by atoms with Crippen molar-refractivity contribution >= 4 is 34.7 Å². The number of benzene rings is 2. The van der Waals surface area contributed by atoms with Crippen LogP contribution < -0.4 is 5.32 Å². The molecular weight excluding hydrogens is 361 g/mol. The average molecular weight is 376 g/mol. The zero-order chi connectivity index (χ0) is 18.0. The second kappa shape index (κ2) is 7.25. The number of rotatable bonds is 5. The van der Waals surface area contributed by atoms with Gasteiger partial charge in [-0.3, -0.25) is 4.79 Å². The molecule has 0 saturated heterocycles. The number of hydrogen-bond donors (Lipinski definition) is 1. The highest BCUT2D eigenvalue weighted by molar-refractivity contribution is 6.36. The summed E-state index contributed by atoms with van der Waals surface area (Å²) in [5.41, 5.74) is 2.05. The van der Waals surface area contributed by atoms with Crippen molar-refractivity contribution in [1.82, 2.24) is 10.2 Å². The summed E-state index contributed by atoms with van der Waals surface area (Å²) in [6, 6.07) is 12.1. The maximum Gasteiger partial charge on any atom is 0.249 e. The van der Waals surface area contributed by atoms with Gasteiger partial charge in [0.2, 0.25) is 11.8 Å². The Morgan fingerprint density at radius 3 is 2.68 bits per heavy atom.